The van der Waals surface area contributed by atoms with Crippen LogP contribution in [0.3, 0.4) is 0 Å². The monoisotopic (exact) mass is 280 g/mol. The van der Waals surface area contributed by atoms with Crippen molar-refractivity contribution in [3.8, 4) is 0 Å². The van der Waals surface area contributed by atoms with Gasteiger partial charge in [0.05, 0.1) is 31.1 Å². The van der Waals surface area contributed by atoms with E-state index in [0.29, 0.717) is 44.2 Å². The van der Waals surface area contributed by atoms with Crippen LogP contribution in [-0.4, -0.2) is 45.0 Å². The molecule has 5 nitrogen and oxygen atoms in total. The summed E-state index contributed by atoms with van der Waals surface area (Å²) in [7, 11) is 0. The van der Waals surface area contributed by atoms with Crippen LogP contribution in [0.15, 0.2) is 18.2 Å². The highest BCUT2D eigenvalue weighted by Gasteiger charge is 2.30. The molecule has 1 amide bonds. The predicted molar refractivity (Wildman–Crippen MR) is 72.7 cm³/mol. The van der Waals surface area contributed by atoms with Gasteiger partial charge in [-0.2, -0.15) is 0 Å². The Balaban J connectivity index is 1.82. The number of amides is 1. The summed E-state index contributed by atoms with van der Waals surface area (Å²) in [6.07, 6.45) is -0.583. The molecular formula is C14H17FN2O3. The van der Waals surface area contributed by atoms with Gasteiger partial charge in [-0.05, 0) is 25.1 Å². The van der Waals surface area contributed by atoms with Gasteiger partial charge < -0.3 is 14.4 Å². The zero-order valence-electron chi connectivity index (χ0n) is 11.3. The van der Waals surface area contributed by atoms with E-state index in [4.69, 9.17) is 9.47 Å². The molecule has 1 aromatic carbocycles. The van der Waals surface area contributed by atoms with Crippen LogP contribution in [0, 0.1) is 5.82 Å². The first-order valence-electron chi connectivity index (χ1n) is 6.75. The first-order chi connectivity index (χ1) is 9.65. The summed E-state index contributed by atoms with van der Waals surface area (Å²) >= 11 is 0. The molecule has 0 aromatic heterocycles. The predicted octanol–water partition coefficient (Wildman–Crippen LogP) is 2.01. The van der Waals surface area contributed by atoms with Crippen molar-refractivity contribution in [1.29, 1.82) is 0 Å². The van der Waals surface area contributed by atoms with Gasteiger partial charge in [-0.25, -0.2) is 9.18 Å². The topological polar surface area (TPSA) is 42.0 Å². The quantitative estimate of drug-likeness (QED) is 0.831. The second-order valence-corrected chi connectivity index (χ2v) is 5.04. The number of cyclic esters (lactones) is 1. The molecular weight excluding hydrogens is 263 g/mol. The van der Waals surface area contributed by atoms with Crippen molar-refractivity contribution in [2.75, 3.05) is 42.6 Å². The van der Waals surface area contributed by atoms with Crippen molar-refractivity contribution in [2.24, 2.45) is 0 Å². The maximum atomic E-state index is 14.3. The minimum Gasteiger partial charge on any atom is -0.444 e. The fraction of sp³-hybridized carbons (Fsp3) is 0.500. The number of nitrogens with zero attached hydrogens (tertiary/aromatic N) is 2. The van der Waals surface area contributed by atoms with E-state index >= 15 is 0 Å². The molecule has 108 valence electrons. The van der Waals surface area contributed by atoms with Crippen molar-refractivity contribution < 1.29 is 18.7 Å². The number of morpholine rings is 1. The highest BCUT2D eigenvalue weighted by Crippen LogP contribution is 2.28. The molecule has 0 N–H and O–H groups in total. The fourth-order valence-corrected chi connectivity index (χ4v) is 2.54. The van der Waals surface area contributed by atoms with Crippen LogP contribution < -0.4 is 9.80 Å². The standard InChI is InChI=1S/C14H17FN2O3/c1-10-9-17(14(18)20-10)11-2-3-13(12(15)8-11)16-4-6-19-7-5-16/h2-3,8,10H,4-7,9H2,1H3. The summed E-state index contributed by atoms with van der Waals surface area (Å²) < 4.78 is 24.6. The van der Waals surface area contributed by atoms with Crippen LogP contribution in [0.5, 0.6) is 0 Å². The zero-order valence-corrected chi connectivity index (χ0v) is 11.3. The maximum Gasteiger partial charge on any atom is 0.414 e. The Hall–Kier alpha value is -1.82. The third-order valence-electron chi connectivity index (χ3n) is 3.56. The van der Waals surface area contributed by atoms with Crippen molar-refractivity contribution in [3.63, 3.8) is 0 Å². The minimum absolute atomic E-state index is 0.163. The van der Waals surface area contributed by atoms with Crippen molar-refractivity contribution in [1.82, 2.24) is 0 Å². The van der Waals surface area contributed by atoms with Gasteiger partial charge in [-0.1, -0.05) is 0 Å². The Morgan fingerprint density at radius 3 is 2.65 bits per heavy atom. The Bertz CT molecular complexity index is 517. The number of hydrogen-bond acceptors (Lipinski definition) is 4. The minimum atomic E-state index is -0.420. The molecule has 2 saturated heterocycles. The number of hydrogen-bond donors (Lipinski definition) is 0. The van der Waals surface area contributed by atoms with Gasteiger partial charge in [-0.3, -0.25) is 4.90 Å². The number of anilines is 2. The second kappa shape index (κ2) is 5.28. The van der Waals surface area contributed by atoms with Gasteiger partial charge >= 0.3 is 6.09 Å². The summed E-state index contributed by atoms with van der Waals surface area (Å²) in [6.45, 7) is 4.85. The summed E-state index contributed by atoms with van der Waals surface area (Å²) in [4.78, 5) is 15.0. The van der Waals surface area contributed by atoms with Crippen molar-refractivity contribution in [2.45, 2.75) is 13.0 Å². The molecule has 2 heterocycles. The third kappa shape index (κ3) is 2.43. The molecule has 0 spiro atoms. The molecule has 0 bridgehead atoms. The molecule has 6 heteroatoms. The molecule has 0 saturated carbocycles. The Morgan fingerprint density at radius 1 is 1.30 bits per heavy atom. The van der Waals surface area contributed by atoms with Gasteiger partial charge in [0.2, 0.25) is 0 Å². The molecule has 2 fully saturated rings. The van der Waals surface area contributed by atoms with Crippen molar-refractivity contribution in [3.05, 3.63) is 24.0 Å². The number of carbonyl (C=O) groups is 1. The van der Waals surface area contributed by atoms with Gasteiger partial charge in [-0.15, -0.1) is 0 Å². The number of carbonyl (C=O) groups excluding carboxylic acids is 1. The van der Waals surface area contributed by atoms with Gasteiger partial charge in [0.1, 0.15) is 11.9 Å². The second-order valence-electron chi connectivity index (χ2n) is 5.04. The van der Waals surface area contributed by atoms with E-state index in [-0.39, 0.29) is 11.9 Å². The van der Waals surface area contributed by atoms with E-state index in [9.17, 15) is 9.18 Å². The van der Waals surface area contributed by atoms with Crippen LogP contribution in [0.25, 0.3) is 0 Å². The Kier molecular flexibility index (Phi) is 3.48. The van der Waals surface area contributed by atoms with Gasteiger partial charge in [0.25, 0.3) is 0 Å². The van der Waals surface area contributed by atoms with Crippen LogP contribution in [-0.2, 0) is 9.47 Å². The first kappa shape index (κ1) is 13.2. The molecule has 1 unspecified atom stereocenters. The van der Waals surface area contributed by atoms with Crippen LogP contribution in [0.2, 0.25) is 0 Å². The maximum absolute atomic E-state index is 14.3. The van der Waals surface area contributed by atoms with E-state index in [0.717, 1.165) is 0 Å². The zero-order chi connectivity index (χ0) is 14.1. The average Bonchev–Trinajstić information content (AvgIpc) is 2.78. The Labute approximate surface area is 116 Å². The summed E-state index contributed by atoms with van der Waals surface area (Å²) in [6, 6.07) is 4.86. The first-order valence-corrected chi connectivity index (χ1v) is 6.75. The van der Waals surface area contributed by atoms with Crippen LogP contribution in [0.1, 0.15) is 6.92 Å². The normalized spacial score (nSPS) is 23.1. The summed E-state index contributed by atoms with van der Waals surface area (Å²) in [5, 5.41) is 0. The largest absolute Gasteiger partial charge is 0.444 e. The number of rotatable bonds is 2. The van der Waals surface area contributed by atoms with E-state index < -0.39 is 6.09 Å². The number of halogens is 1. The molecule has 3 rings (SSSR count). The van der Waals surface area contributed by atoms with E-state index in [2.05, 4.69) is 0 Å². The molecule has 2 aliphatic rings. The number of benzene rings is 1. The van der Waals surface area contributed by atoms with Crippen molar-refractivity contribution >= 4 is 17.5 Å². The SMILES string of the molecule is CC1CN(c2ccc(N3CCOCC3)c(F)c2)C(=O)O1. The van der Waals surface area contributed by atoms with Crippen LogP contribution >= 0.6 is 0 Å². The Morgan fingerprint density at radius 2 is 2.05 bits per heavy atom. The average molecular weight is 280 g/mol. The summed E-state index contributed by atoms with van der Waals surface area (Å²) in [5.74, 6) is -0.322. The molecule has 0 radical (unpaired) electrons. The summed E-state index contributed by atoms with van der Waals surface area (Å²) in [5.41, 5.74) is 1.09. The molecule has 0 aliphatic carbocycles. The fourth-order valence-electron chi connectivity index (χ4n) is 2.54. The molecule has 1 atom stereocenters. The third-order valence-corrected chi connectivity index (χ3v) is 3.56. The van der Waals surface area contributed by atoms with Gasteiger partial charge in [0, 0.05) is 13.1 Å². The lowest BCUT2D eigenvalue weighted by Gasteiger charge is -2.29. The van der Waals surface area contributed by atoms with E-state index in [1.54, 1.807) is 12.1 Å². The molecule has 2 aliphatic heterocycles. The molecule has 20 heavy (non-hydrogen) atoms. The van der Waals surface area contributed by atoms with E-state index in [1.807, 2.05) is 11.8 Å². The van der Waals surface area contributed by atoms with Gasteiger partial charge in [0.15, 0.2) is 0 Å². The smallest absolute Gasteiger partial charge is 0.414 e. The highest BCUT2D eigenvalue weighted by atomic mass is 19.1. The lowest BCUT2D eigenvalue weighted by atomic mass is 10.2. The number of ether oxygens (including phenoxy) is 2. The van der Waals surface area contributed by atoms with E-state index in [1.165, 1.54) is 11.0 Å². The highest BCUT2D eigenvalue weighted by molar-refractivity contribution is 5.90. The van der Waals surface area contributed by atoms with Crippen LogP contribution in [0.4, 0.5) is 20.6 Å². The molecule has 1 aromatic rings. The lowest BCUT2D eigenvalue weighted by molar-refractivity contribution is 0.122. The lowest BCUT2D eigenvalue weighted by Crippen LogP contribution is -2.36.